The summed E-state index contributed by atoms with van der Waals surface area (Å²) in [7, 11) is -1.18. The number of rotatable bonds is 9. The Morgan fingerprint density at radius 3 is 0.971 bits per heavy atom. The molecule has 8 aromatic carbocycles. The Balaban J connectivity index is 0.000000227. The van der Waals surface area contributed by atoms with Crippen LogP contribution in [-0.2, 0) is 92.5 Å². The van der Waals surface area contributed by atoms with Crippen molar-refractivity contribution >= 4 is 57.7 Å². The van der Waals surface area contributed by atoms with Gasteiger partial charge < -0.3 is 4.74 Å². The molecule has 2 atom stereocenters. The Hall–Kier alpha value is -7.83. The molecule has 0 N–H and O–H groups in total. The van der Waals surface area contributed by atoms with E-state index in [-0.39, 0.29) is 31.6 Å². The van der Waals surface area contributed by atoms with Crippen molar-refractivity contribution in [3.8, 4) is 0 Å². The Morgan fingerprint density at radius 1 is 0.385 bits per heavy atom. The molecule has 1 aliphatic heterocycles. The molecule has 1 heterocycles. The quantitative estimate of drug-likeness (QED) is 0.0611. The Morgan fingerprint density at radius 2 is 0.683 bits per heavy atom. The number of fused-ring (bicyclic) bond motifs is 4. The van der Waals surface area contributed by atoms with Crippen LogP contribution in [0.4, 0.5) is 105 Å². The second-order valence-electron chi connectivity index (χ2n) is 25.7. The van der Waals surface area contributed by atoms with Gasteiger partial charge in [0.1, 0.15) is 28.7 Å². The van der Waals surface area contributed by atoms with Gasteiger partial charge in [0, 0.05) is 36.6 Å². The molecule has 0 fully saturated rings. The predicted octanol–water partition coefficient (Wildman–Crippen LogP) is 20.0. The summed E-state index contributed by atoms with van der Waals surface area (Å²) in [5.41, 5.74) is -22.8. The van der Waals surface area contributed by atoms with Gasteiger partial charge in [0.25, 0.3) is 0 Å². The van der Waals surface area contributed by atoms with E-state index in [1.54, 1.807) is 10.9 Å². The van der Waals surface area contributed by atoms with E-state index in [4.69, 9.17) is 9.73 Å². The van der Waals surface area contributed by atoms with E-state index in [1.807, 2.05) is 0 Å². The maximum atomic E-state index is 14.2. The molecule has 1 spiro atoms. The summed E-state index contributed by atoms with van der Waals surface area (Å²) in [5, 5.41) is 4.46. The molecule has 2 nitrogen and oxygen atoms in total. The molecule has 12 rings (SSSR count). The summed E-state index contributed by atoms with van der Waals surface area (Å²) in [4.78, 5) is 5.10. The van der Waals surface area contributed by atoms with E-state index >= 15 is 0 Å². The minimum absolute atomic E-state index is 0. The van der Waals surface area contributed by atoms with Crippen LogP contribution in [0.25, 0.3) is 0 Å². The summed E-state index contributed by atoms with van der Waals surface area (Å²) in [6.45, 7) is 5.18. The monoisotopic (exact) mass is 1680 g/mol. The zero-order chi connectivity index (χ0) is 75.3. The average Bonchev–Trinajstić information content (AvgIpc) is 1.10. The standard InChI is InChI=1S/C35H34NOP.C32H12BF24.C8H12.Ir/c1-24(2)30-23-37-34(36-30)29-17-9-11-25-19-21-35(32(25)29)22-20-26-12-10-18-31(33(26)35)38(27-13-5-3-6-14-27)28-15-7-4-8-16-28;34-25(35,36)13-1-14(26(37,38)39)6-21(5-13)33(22-7-15(27(40,41)42)2-16(8-22)28(43,44)45,23-9-17(29(46,47)48)3-18(10-23)30(49,50)51)24-11-19(31(52,53)54)4-20(12-24)32(55,56)57;1-2-4-6-8-7-5-3-1;/h3-18,24,30H,19-23H2,1-2H3;1-12H;1-2,7-8H,3-6H2;/q;-1;;/p+1/b;;2-1-,8-7-;/t30-,35-;;;/m1.../s1. The summed E-state index contributed by atoms with van der Waals surface area (Å²) in [6.07, 6.45) is -36.2. The van der Waals surface area contributed by atoms with Crippen LogP contribution in [0, 0.1) is 5.92 Å². The minimum Gasteiger partial charge on any atom is -0.475 e. The third-order valence-electron chi connectivity index (χ3n) is 18.7. The molecule has 1 radical (unpaired) electrons. The van der Waals surface area contributed by atoms with Gasteiger partial charge in [-0.2, -0.15) is 127 Å². The van der Waals surface area contributed by atoms with Crippen molar-refractivity contribution in [3.63, 3.8) is 0 Å². The molecule has 0 saturated heterocycles. The fourth-order valence-corrected chi connectivity index (χ4v) is 17.0. The average molecular weight is 1680 g/mol. The van der Waals surface area contributed by atoms with Gasteiger partial charge in [-0.05, 0) is 135 Å². The molecular formula is C75H59BF24IrNOP. The molecule has 104 heavy (non-hydrogen) atoms. The molecule has 0 unspecified atom stereocenters. The van der Waals surface area contributed by atoms with E-state index in [0.717, 1.165) is 18.7 Å². The van der Waals surface area contributed by atoms with Gasteiger partial charge in [-0.25, -0.2) is 4.99 Å². The van der Waals surface area contributed by atoms with Gasteiger partial charge in [-0.15, -0.1) is 0 Å². The number of ether oxygens (including phenoxy) is 1. The predicted molar refractivity (Wildman–Crippen MR) is 348 cm³/mol. The van der Waals surface area contributed by atoms with E-state index in [0.29, 0.717) is 12.5 Å². The summed E-state index contributed by atoms with van der Waals surface area (Å²) < 4.78 is 347. The van der Waals surface area contributed by atoms with Gasteiger partial charge in [0.05, 0.1) is 58.5 Å². The fourth-order valence-electron chi connectivity index (χ4n) is 14.1. The normalized spacial score (nSPS) is 17.9. The fraction of sp³-hybridized carbons (Fsp3) is 0.293. The van der Waals surface area contributed by atoms with Crippen LogP contribution in [0.1, 0.15) is 125 Å². The van der Waals surface area contributed by atoms with E-state index in [9.17, 15) is 105 Å². The molecule has 0 aromatic heterocycles. The van der Waals surface area contributed by atoms with Crippen LogP contribution in [0.15, 0.2) is 199 Å². The van der Waals surface area contributed by atoms with Crippen molar-refractivity contribution in [2.45, 2.75) is 126 Å². The third kappa shape index (κ3) is 17.3. The van der Waals surface area contributed by atoms with Crippen molar-refractivity contribution in [2.24, 2.45) is 10.9 Å². The summed E-state index contributed by atoms with van der Waals surface area (Å²) in [5.74, 6) is 1.35. The van der Waals surface area contributed by atoms with Gasteiger partial charge in [0.15, 0.2) is 0 Å². The molecule has 4 aliphatic rings. The van der Waals surface area contributed by atoms with Gasteiger partial charge in [-0.1, -0.05) is 147 Å². The Labute approximate surface area is 595 Å². The molecule has 0 amide bonds. The van der Waals surface area contributed by atoms with Crippen molar-refractivity contribution in [2.75, 3.05) is 6.61 Å². The van der Waals surface area contributed by atoms with Gasteiger partial charge in [-0.3, -0.25) is 0 Å². The first-order valence-electron chi connectivity index (χ1n) is 32.0. The number of nitrogens with zero attached hydrogens (tertiary/aromatic N) is 1. The number of aryl methyl sites for hydroxylation is 2. The molecule has 555 valence electrons. The molecule has 8 aromatic rings. The number of halogens is 24. The second-order valence-corrected chi connectivity index (χ2v) is 28.2. The van der Waals surface area contributed by atoms with Crippen LogP contribution in [0.5, 0.6) is 0 Å². The van der Waals surface area contributed by atoms with Crippen LogP contribution in [0.3, 0.4) is 0 Å². The number of alkyl halides is 24. The molecule has 0 bridgehead atoms. The van der Waals surface area contributed by atoms with Crippen molar-refractivity contribution in [3.05, 3.63) is 266 Å². The largest absolute Gasteiger partial charge is 0.475 e. The maximum Gasteiger partial charge on any atom is 0.416 e. The number of hydrogen-bond donors (Lipinski definition) is 0. The van der Waals surface area contributed by atoms with E-state index < -0.39 is 203 Å². The Kier molecular flexibility index (Phi) is 23.3. The number of allylic oxidation sites excluding steroid dienone is 4. The first-order chi connectivity index (χ1) is 47.9. The second kappa shape index (κ2) is 30.2. The topological polar surface area (TPSA) is 21.6 Å². The van der Waals surface area contributed by atoms with Crippen molar-refractivity contribution < 1.29 is 130 Å². The van der Waals surface area contributed by atoms with Gasteiger partial charge in [0.2, 0.25) is 5.90 Å². The summed E-state index contributed by atoms with van der Waals surface area (Å²) >= 11 is 0. The molecule has 29 heteroatoms. The Bertz CT molecular complexity index is 3960. The van der Waals surface area contributed by atoms with Crippen LogP contribution in [0.2, 0.25) is 0 Å². The smallest absolute Gasteiger partial charge is 0.416 e. The third-order valence-corrected chi connectivity index (χ3v) is 21.5. The SMILES string of the molecule is C1=C\CC/C=C\CC/1.CC(C)[C@H]1COC(c2cccc3c2[C@@]2(CC3)CCc3cccc([PH+](c4ccccc4)c4ccccc4)c32)=N1.FC(F)(F)c1cc([B-](c2cc(C(F)(F)F)cc(C(F)(F)F)c2)(c2cc(C(F)(F)F)cc(C(F)(F)F)c2)c2cc(C(F)(F)F)cc(C(F)(F)F)c2)cc(C(F)(F)F)c1.[Ir]. The van der Waals surface area contributed by atoms with Crippen LogP contribution >= 0.6 is 7.92 Å². The molecule has 3 aliphatic carbocycles. The van der Waals surface area contributed by atoms with Crippen LogP contribution in [-0.4, -0.2) is 24.7 Å². The van der Waals surface area contributed by atoms with Crippen molar-refractivity contribution in [1.82, 2.24) is 0 Å². The van der Waals surface area contributed by atoms with Gasteiger partial charge >= 0.3 is 49.4 Å². The zero-order valence-electron chi connectivity index (χ0n) is 54.3. The maximum absolute atomic E-state index is 14.2. The molecular weight excluding hydrogens is 1620 g/mol. The van der Waals surface area contributed by atoms with E-state index in [2.05, 4.69) is 135 Å². The zero-order valence-corrected chi connectivity index (χ0v) is 57.7. The van der Waals surface area contributed by atoms with Crippen molar-refractivity contribution in [1.29, 1.82) is 0 Å². The van der Waals surface area contributed by atoms with Crippen LogP contribution < -0.4 is 37.8 Å². The number of aliphatic imine (C=N–C) groups is 1. The first kappa shape index (κ1) is 80.3. The minimum atomic E-state index is -6.13. The summed E-state index contributed by atoms with van der Waals surface area (Å²) in [6, 6.07) is 27.8. The first-order valence-corrected chi connectivity index (χ1v) is 33.5. The molecule has 0 saturated carbocycles. The number of hydrogen-bond acceptors (Lipinski definition) is 2. The van der Waals surface area contributed by atoms with E-state index in [1.165, 1.54) is 71.4 Å². The number of benzene rings is 8.